The van der Waals surface area contributed by atoms with Crippen LogP contribution in [0.5, 0.6) is 11.5 Å². The molecule has 4 rings (SSSR count). The number of nitrogens with zero attached hydrogens (tertiary/aromatic N) is 1. The van der Waals surface area contributed by atoms with E-state index in [1.54, 1.807) is 0 Å². The highest BCUT2D eigenvalue weighted by atomic mass is 16.7. The van der Waals surface area contributed by atoms with Crippen molar-refractivity contribution in [2.24, 2.45) is 5.92 Å². The van der Waals surface area contributed by atoms with Crippen molar-refractivity contribution in [2.45, 2.75) is 31.8 Å². The minimum Gasteiger partial charge on any atom is -0.454 e. The summed E-state index contributed by atoms with van der Waals surface area (Å²) in [5, 5.41) is 3.02. The number of rotatable bonds is 5. The molecule has 0 radical (unpaired) electrons. The van der Waals surface area contributed by atoms with Gasteiger partial charge >= 0.3 is 0 Å². The number of amides is 1. The van der Waals surface area contributed by atoms with Crippen molar-refractivity contribution in [1.82, 2.24) is 21.1 Å². The Morgan fingerprint density at radius 2 is 2.20 bits per heavy atom. The molecule has 25 heavy (non-hydrogen) atoms. The van der Waals surface area contributed by atoms with Crippen LogP contribution in [0.4, 0.5) is 0 Å². The van der Waals surface area contributed by atoms with Crippen LogP contribution in [0.1, 0.15) is 24.8 Å². The van der Waals surface area contributed by atoms with Crippen molar-refractivity contribution in [3.05, 3.63) is 23.8 Å². The van der Waals surface area contributed by atoms with Gasteiger partial charge in [0.1, 0.15) is 0 Å². The highest BCUT2D eigenvalue weighted by molar-refractivity contribution is 5.78. The molecule has 1 amide bonds. The first-order valence-electron chi connectivity index (χ1n) is 9.14. The fraction of sp³-hybridized carbons (Fsp3) is 0.611. The van der Waals surface area contributed by atoms with Gasteiger partial charge in [-0.05, 0) is 49.4 Å². The second kappa shape index (κ2) is 7.59. The first-order valence-corrected chi connectivity index (χ1v) is 9.14. The molecule has 1 aromatic carbocycles. The van der Waals surface area contributed by atoms with Crippen molar-refractivity contribution >= 4 is 5.91 Å². The summed E-state index contributed by atoms with van der Waals surface area (Å²) in [7, 11) is 0. The maximum absolute atomic E-state index is 12.3. The summed E-state index contributed by atoms with van der Waals surface area (Å²) in [6, 6.07) is 6.32. The summed E-state index contributed by atoms with van der Waals surface area (Å²) < 4.78 is 10.7. The third-order valence-electron chi connectivity index (χ3n) is 5.27. The number of ether oxygens (including phenoxy) is 2. The zero-order valence-corrected chi connectivity index (χ0v) is 14.4. The van der Waals surface area contributed by atoms with E-state index < -0.39 is 0 Å². The molecule has 3 aliphatic rings. The molecule has 0 aromatic heterocycles. The molecule has 2 fully saturated rings. The Kier molecular flexibility index (Phi) is 5.05. The zero-order valence-electron chi connectivity index (χ0n) is 14.4. The number of carbonyl (C=O) groups excluding carboxylic acids is 1. The highest BCUT2D eigenvalue weighted by Gasteiger charge is 2.29. The van der Waals surface area contributed by atoms with E-state index in [1.807, 2.05) is 18.2 Å². The zero-order chi connectivity index (χ0) is 17.1. The van der Waals surface area contributed by atoms with Gasteiger partial charge in [0.25, 0.3) is 0 Å². The molecular weight excluding hydrogens is 320 g/mol. The average molecular weight is 346 g/mol. The molecule has 3 N–H and O–H groups in total. The lowest BCUT2D eigenvalue weighted by molar-refractivity contribution is -0.122. The molecule has 2 unspecified atom stereocenters. The quantitative estimate of drug-likeness (QED) is 0.725. The molecule has 1 aromatic rings. The summed E-state index contributed by atoms with van der Waals surface area (Å²) in [6.45, 7) is 4.30. The maximum atomic E-state index is 12.3. The molecule has 0 bridgehead atoms. The number of hydrogen-bond acceptors (Lipinski definition) is 6. The van der Waals surface area contributed by atoms with Crippen molar-refractivity contribution in [3.8, 4) is 11.5 Å². The monoisotopic (exact) mass is 346 g/mol. The van der Waals surface area contributed by atoms with E-state index >= 15 is 0 Å². The lowest BCUT2D eigenvalue weighted by Gasteiger charge is -2.35. The van der Waals surface area contributed by atoms with Gasteiger partial charge in [0, 0.05) is 25.7 Å². The summed E-state index contributed by atoms with van der Waals surface area (Å²) in [6.07, 6.45) is 3.59. The Hall–Kier alpha value is -1.83. The Morgan fingerprint density at radius 3 is 3.08 bits per heavy atom. The minimum atomic E-state index is 0.0795. The van der Waals surface area contributed by atoms with Crippen LogP contribution in [-0.4, -0.2) is 49.8 Å². The Labute approximate surface area is 148 Å². The maximum Gasteiger partial charge on any atom is 0.234 e. The van der Waals surface area contributed by atoms with E-state index in [0.29, 0.717) is 25.0 Å². The predicted octanol–water partition coefficient (Wildman–Crippen LogP) is 0.610. The number of nitrogens with one attached hydrogen (secondary N) is 3. The predicted molar refractivity (Wildman–Crippen MR) is 93.1 cm³/mol. The minimum absolute atomic E-state index is 0.0795. The number of carbonyl (C=O) groups is 1. The molecule has 136 valence electrons. The smallest absolute Gasteiger partial charge is 0.234 e. The summed E-state index contributed by atoms with van der Waals surface area (Å²) in [5.74, 6) is 2.23. The van der Waals surface area contributed by atoms with Gasteiger partial charge in [-0.15, -0.1) is 0 Å². The molecule has 3 aliphatic heterocycles. The fourth-order valence-electron chi connectivity index (χ4n) is 3.93. The molecule has 7 heteroatoms. The number of fused-ring (bicyclic) bond motifs is 1. The van der Waals surface area contributed by atoms with Crippen LogP contribution in [0.3, 0.4) is 0 Å². The number of benzene rings is 1. The first-order chi connectivity index (χ1) is 12.3. The van der Waals surface area contributed by atoms with Crippen LogP contribution in [0.2, 0.25) is 0 Å². The lowest BCUT2D eigenvalue weighted by atomic mass is 9.90. The average Bonchev–Trinajstić information content (AvgIpc) is 3.31. The van der Waals surface area contributed by atoms with Crippen molar-refractivity contribution in [1.29, 1.82) is 0 Å². The first kappa shape index (κ1) is 16.6. The van der Waals surface area contributed by atoms with Crippen LogP contribution in [-0.2, 0) is 11.3 Å². The normalized spacial score (nSPS) is 25.9. The van der Waals surface area contributed by atoms with Gasteiger partial charge in [0.05, 0.1) is 6.54 Å². The summed E-state index contributed by atoms with van der Waals surface area (Å²) in [5.41, 5.74) is 7.61. The standard InChI is InChI=1S/C18H26N4O3/c23-18(19-9-13-3-4-16-17(8-13)25-12-24-16)11-22-7-1-2-14(10-22)15-5-6-20-21-15/h3-4,8,14-15,20-21H,1-2,5-7,9-12H2,(H,19,23). The van der Waals surface area contributed by atoms with Crippen molar-refractivity contribution in [2.75, 3.05) is 33.0 Å². The highest BCUT2D eigenvalue weighted by Crippen LogP contribution is 2.32. The van der Waals surface area contributed by atoms with Gasteiger partial charge in [0.2, 0.25) is 12.7 Å². The number of hydrogen-bond donors (Lipinski definition) is 3. The van der Waals surface area contributed by atoms with E-state index in [1.165, 1.54) is 12.8 Å². The van der Waals surface area contributed by atoms with Crippen LogP contribution in [0.25, 0.3) is 0 Å². The van der Waals surface area contributed by atoms with Gasteiger partial charge < -0.3 is 14.8 Å². The van der Waals surface area contributed by atoms with E-state index in [0.717, 1.165) is 43.1 Å². The third kappa shape index (κ3) is 4.05. The Morgan fingerprint density at radius 1 is 1.28 bits per heavy atom. The summed E-state index contributed by atoms with van der Waals surface area (Å²) >= 11 is 0. The molecule has 0 aliphatic carbocycles. The summed E-state index contributed by atoms with van der Waals surface area (Å²) in [4.78, 5) is 14.6. The third-order valence-corrected chi connectivity index (χ3v) is 5.27. The Bertz CT molecular complexity index is 618. The van der Waals surface area contributed by atoms with Gasteiger partial charge in [-0.3, -0.25) is 20.5 Å². The van der Waals surface area contributed by atoms with Crippen LogP contribution in [0.15, 0.2) is 18.2 Å². The van der Waals surface area contributed by atoms with E-state index in [2.05, 4.69) is 21.1 Å². The molecule has 2 saturated heterocycles. The van der Waals surface area contributed by atoms with Crippen LogP contribution < -0.4 is 25.6 Å². The molecule has 2 atom stereocenters. The molecule has 7 nitrogen and oxygen atoms in total. The number of likely N-dealkylation sites (tertiary alicyclic amines) is 1. The van der Waals surface area contributed by atoms with Crippen LogP contribution >= 0.6 is 0 Å². The topological polar surface area (TPSA) is 74.9 Å². The van der Waals surface area contributed by atoms with Gasteiger partial charge in [0.15, 0.2) is 11.5 Å². The fourth-order valence-corrected chi connectivity index (χ4v) is 3.93. The van der Waals surface area contributed by atoms with Crippen molar-refractivity contribution < 1.29 is 14.3 Å². The lowest BCUT2D eigenvalue weighted by Crippen LogP contribution is -2.47. The van der Waals surface area contributed by atoms with Gasteiger partial charge in [-0.2, -0.15) is 0 Å². The molecular formula is C18H26N4O3. The Balaban J connectivity index is 1.24. The second-order valence-electron chi connectivity index (χ2n) is 7.07. The van der Waals surface area contributed by atoms with Gasteiger partial charge in [-0.25, -0.2) is 0 Å². The molecule has 0 spiro atoms. The number of piperidine rings is 1. The van der Waals surface area contributed by atoms with E-state index in [9.17, 15) is 4.79 Å². The second-order valence-corrected chi connectivity index (χ2v) is 7.07. The van der Waals surface area contributed by atoms with E-state index in [-0.39, 0.29) is 12.7 Å². The molecule has 0 saturated carbocycles. The van der Waals surface area contributed by atoms with Crippen molar-refractivity contribution in [3.63, 3.8) is 0 Å². The molecule has 3 heterocycles. The van der Waals surface area contributed by atoms with Gasteiger partial charge in [-0.1, -0.05) is 6.07 Å². The SMILES string of the molecule is O=C(CN1CCCC(C2CCNN2)C1)NCc1ccc2c(c1)OCO2. The van der Waals surface area contributed by atoms with Crippen LogP contribution in [0, 0.1) is 5.92 Å². The van der Waals surface area contributed by atoms with E-state index in [4.69, 9.17) is 9.47 Å². The number of hydrazine groups is 1. The largest absolute Gasteiger partial charge is 0.454 e.